The molecule has 7 aromatic carbocycles. The number of rotatable bonds is 2. The van der Waals surface area contributed by atoms with Crippen molar-refractivity contribution in [3.05, 3.63) is 146 Å². The molecule has 10 aromatic rings. The second-order valence-corrected chi connectivity index (χ2v) is 12.7. The van der Waals surface area contributed by atoms with Crippen LogP contribution in [0.3, 0.4) is 0 Å². The van der Waals surface area contributed by atoms with Crippen LogP contribution in [0, 0.1) is 0 Å². The van der Waals surface area contributed by atoms with Crippen molar-refractivity contribution in [1.29, 1.82) is 0 Å². The van der Waals surface area contributed by atoms with E-state index >= 15 is 0 Å². The van der Waals surface area contributed by atoms with E-state index in [1.165, 1.54) is 58.2 Å². The van der Waals surface area contributed by atoms with Crippen LogP contribution in [0.5, 0.6) is 0 Å². The summed E-state index contributed by atoms with van der Waals surface area (Å²) in [5, 5.41) is 12.1. The number of para-hydroxylation sites is 1. The zero-order chi connectivity index (χ0) is 29.5. The van der Waals surface area contributed by atoms with Gasteiger partial charge < -0.3 is 0 Å². The molecule has 0 N–H and O–H groups in total. The second kappa shape index (κ2) is 9.43. The molecule has 208 valence electrons. The lowest BCUT2D eigenvalue weighted by molar-refractivity contribution is 1.43. The monoisotopic (exact) mass is 588 g/mol. The van der Waals surface area contributed by atoms with Gasteiger partial charge in [0.1, 0.15) is 0 Å². The Morgan fingerprint density at radius 1 is 0.422 bits per heavy atom. The highest BCUT2D eigenvalue weighted by molar-refractivity contribution is 7.26. The number of fused-ring (bicyclic) bond motifs is 11. The van der Waals surface area contributed by atoms with Crippen molar-refractivity contribution >= 4 is 85.6 Å². The molecule has 2 nitrogen and oxygen atoms in total. The lowest BCUT2D eigenvalue weighted by Crippen LogP contribution is -1.93. The Balaban J connectivity index is 1.31. The second-order valence-electron chi connectivity index (χ2n) is 11.7. The Morgan fingerprint density at radius 3 is 2.04 bits per heavy atom. The quantitative estimate of drug-likeness (QED) is 0.188. The third-order valence-electron chi connectivity index (χ3n) is 9.29. The minimum atomic E-state index is 0.989. The van der Waals surface area contributed by atoms with E-state index in [-0.39, 0.29) is 0 Å². The highest BCUT2D eigenvalue weighted by Crippen LogP contribution is 2.45. The maximum atomic E-state index is 5.37. The molecule has 0 saturated heterocycles. The summed E-state index contributed by atoms with van der Waals surface area (Å²) in [5.41, 5.74) is 6.68. The summed E-state index contributed by atoms with van der Waals surface area (Å²) in [4.78, 5) is 10.3. The van der Waals surface area contributed by atoms with Gasteiger partial charge in [0.25, 0.3) is 0 Å². The topological polar surface area (TPSA) is 25.8 Å². The normalized spacial score (nSPS) is 12.0. The molecule has 0 atom stereocenters. The largest absolute Gasteiger partial charge is 0.256 e. The molecular formula is C42H24N2S. The Hall–Kier alpha value is -5.64. The number of benzene rings is 7. The smallest absolute Gasteiger partial charge is 0.0794 e. The first kappa shape index (κ1) is 24.8. The lowest BCUT2D eigenvalue weighted by atomic mass is 9.90. The van der Waals surface area contributed by atoms with E-state index in [0.717, 1.165) is 38.4 Å². The predicted molar refractivity (Wildman–Crippen MR) is 193 cm³/mol. The van der Waals surface area contributed by atoms with Crippen LogP contribution in [0.25, 0.3) is 96.7 Å². The fourth-order valence-electron chi connectivity index (χ4n) is 7.30. The van der Waals surface area contributed by atoms with Gasteiger partial charge in [0.15, 0.2) is 0 Å². The van der Waals surface area contributed by atoms with Crippen molar-refractivity contribution in [2.24, 2.45) is 0 Å². The van der Waals surface area contributed by atoms with Crippen LogP contribution < -0.4 is 0 Å². The first-order valence-corrected chi connectivity index (χ1v) is 16.1. The molecule has 3 heterocycles. The molecule has 0 unspecified atom stereocenters. The van der Waals surface area contributed by atoms with Gasteiger partial charge in [-0.1, -0.05) is 121 Å². The van der Waals surface area contributed by atoms with E-state index < -0.39 is 0 Å². The molecule has 0 spiro atoms. The molecular weight excluding hydrogens is 565 g/mol. The minimum absolute atomic E-state index is 0.989. The fourth-order valence-corrected chi connectivity index (χ4v) is 8.53. The number of aromatic nitrogens is 2. The number of pyridine rings is 2. The number of hydrogen-bond donors (Lipinski definition) is 0. The van der Waals surface area contributed by atoms with Gasteiger partial charge in [-0.2, -0.15) is 0 Å². The molecule has 3 heteroatoms. The summed E-state index contributed by atoms with van der Waals surface area (Å²) >= 11 is 1.88. The van der Waals surface area contributed by atoms with Crippen LogP contribution in [-0.4, -0.2) is 9.97 Å². The first-order chi connectivity index (χ1) is 22.3. The van der Waals surface area contributed by atoms with E-state index in [1.54, 1.807) is 0 Å². The van der Waals surface area contributed by atoms with E-state index in [2.05, 4.69) is 133 Å². The van der Waals surface area contributed by atoms with E-state index in [4.69, 9.17) is 9.97 Å². The summed E-state index contributed by atoms with van der Waals surface area (Å²) in [6.45, 7) is 0. The zero-order valence-corrected chi connectivity index (χ0v) is 25.0. The maximum Gasteiger partial charge on any atom is 0.0794 e. The molecule has 0 saturated carbocycles. The van der Waals surface area contributed by atoms with Crippen LogP contribution in [0.15, 0.2) is 146 Å². The van der Waals surface area contributed by atoms with Crippen LogP contribution >= 0.6 is 11.3 Å². The molecule has 10 rings (SSSR count). The Morgan fingerprint density at radius 2 is 1.13 bits per heavy atom. The summed E-state index contributed by atoms with van der Waals surface area (Å²) in [6, 6.07) is 50.4. The van der Waals surface area contributed by atoms with Gasteiger partial charge in [-0.25, -0.2) is 4.98 Å². The molecule has 0 bridgehead atoms. The highest BCUT2D eigenvalue weighted by Gasteiger charge is 2.19. The molecule has 0 aliphatic heterocycles. The van der Waals surface area contributed by atoms with Gasteiger partial charge in [0, 0.05) is 64.4 Å². The fraction of sp³-hybridized carbons (Fsp3) is 0. The first-order valence-electron chi connectivity index (χ1n) is 15.3. The van der Waals surface area contributed by atoms with Crippen LogP contribution in [0.2, 0.25) is 0 Å². The van der Waals surface area contributed by atoms with Crippen molar-refractivity contribution < 1.29 is 0 Å². The Kier molecular flexibility index (Phi) is 5.19. The van der Waals surface area contributed by atoms with Gasteiger partial charge in [-0.3, -0.25) is 4.98 Å². The van der Waals surface area contributed by atoms with Gasteiger partial charge >= 0.3 is 0 Å². The van der Waals surface area contributed by atoms with Crippen LogP contribution in [0.4, 0.5) is 0 Å². The van der Waals surface area contributed by atoms with Gasteiger partial charge in [0.05, 0.1) is 16.7 Å². The van der Waals surface area contributed by atoms with Crippen molar-refractivity contribution in [1.82, 2.24) is 9.97 Å². The molecule has 0 aliphatic rings. The van der Waals surface area contributed by atoms with E-state index in [0.29, 0.717) is 0 Å². The summed E-state index contributed by atoms with van der Waals surface area (Å²) < 4.78 is 2.65. The maximum absolute atomic E-state index is 5.37. The molecule has 45 heavy (non-hydrogen) atoms. The number of nitrogens with zero attached hydrogens (tertiary/aromatic N) is 2. The molecule has 0 fully saturated rings. The Bertz CT molecular complexity index is 2830. The third-order valence-corrected chi connectivity index (χ3v) is 10.5. The van der Waals surface area contributed by atoms with E-state index in [1.807, 2.05) is 23.6 Å². The standard InChI is InChI=1S/C42H24N2S/c1-2-11-28-27(10-1)29(32-14-7-15-33-30-12-4-6-17-37(30)45-42(32)33)22-23-31(28)41-35-21-20-25-18-19-26-9-8-24-43-40(26)38(25)39(35)34-13-3-5-16-36(34)44-41/h1-24H. The summed E-state index contributed by atoms with van der Waals surface area (Å²) in [5.74, 6) is 0. The minimum Gasteiger partial charge on any atom is -0.256 e. The highest BCUT2D eigenvalue weighted by atomic mass is 32.1. The molecule has 0 aliphatic carbocycles. The lowest BCUT2D eigenvalue weighted by Gasteiger charge is -2.16. The number of hydrogen-bond acceptors (Lipinski definition) is 3. The van der Waals surface area contributed by atoms with Crippen molar-refractivity contribution in [3.8, 4) is 22.4 Å². The van der Waals surface area contributed by atoms with Crippen LogP contribution in [-0.2, 0) is 0 Å². The van der Waals surface area contributed by atoms with Gasteiger partial charge in [-0.05, 0) is 39.9 Å². The molecule has 3 aromatic heterocycles. The molecule has 0 amide bonds. The average molecular weight is 589 g/mol. The number of thiophene rings is 1. The Labute approximate surface area is 262 Å². The summed E-state index contributed by atoms with van der Waals surface area (Å²) in [6.07, 6.45) is 1.90. The van der Waals surface area contributed by atoms with Gasteiger partial charge in [-0.15, -0.1) is 11.3 Å². The average Bonchev–Trinajstić information content (AvgIpc) is 3.49. The SMILES string of the molecule is c1cnc2c(c1)ccc1ccc3c(-c4ccc(-c5cccc6c5sc5ccccc56)c5ccccc45)nc4ccccc4c3c12. The van der Waals surface area contributed by atoms with E-state index in [9.17, 15) is 0 Å². The van der Waals surface area contributed by atoms with Gasteiger partial charge in [0.2, 0.25) is 0 Å². The van der Waals surface area contributed by atoms with Crippen molar-refractivity contribution in [2.75, 3.05) is 0 Å². The van der Waals surface area contributed by atoms with Crippen molar-refractivity contribution in [3.63, 3.8) is 0 Å². The van der Waals surface area contributed by atoms with Crippen molar-refractivity contribution in [2.45, 2.75) is 0 Å². The summed E-state index contributed by atoms with van der Waals surface area (Å²) in [7, 11) is 0. The zero-order valence-electron chi connectivity index (χ0n) is 24.2. The van der Waals surface area contributed by atoms with Crippen LogP contribution in [0.1, 0.15) is 0 Å². The third kappa shape index (κ3) is 3.56. The molecule has 0 radical (unpaired) electrons. The predicted octanol–water partition coefficient (Wildman–Crippen LogP) is 11.9.